The molecule has 2 aromatic heterocycles. The molecule has 2 aromatic rings. The molecule has 0 saturated carbocycles. The van der Waals surface area contributed by atoms with Crippen LogP contribution >= 0.6 is 0 Å². The number of imidazole rings is 1. The number of aromatic nitrogens is 4. The van der Waals surface area contributed by atoms with E-state index >= 15 is 0 Å². The topological polar surface area (TPSA) is 141 Å². The highest BCUT2D eigenvalue weighted by Crippen LogP contribution is 2.12. The summed E-state index contributed by atoms with van der Waals surface area (Å²) >= 11 is 0. The first-order chi connectivity index (χ1) is 11.8. The molecular weight excluding hydrogens is 334 g/mol. The molecule has 0 aliphatic rings. The first-order valence-electron chi connectivity index (χ1n) is 7.66. The number of aliphatic hydroxyl groups is 2. The Labute approximate surface area is 142 Å². The number of alkyl carbamates (subject to hydrolysis) is 1. The number of carbonyl (C=O) groups excluding carboxylic acids is 1. The molecule has 1 unspecified atom stereocenters. The van der Waals surface area contributed by atoms with Gasteiger partial charge in [-0.2, -0.15) is 0 Å². The molecule has 3 N–H and O–H groups in total. The number of amides is 1. The maximum absolute atomic E-state index is 12.5. The predicted molar refractivity (Wildman–Crippen MR) is 87.2 cm³/mol. The Kier molecular flexibility index (Phi) is 5.59. The predicted octanol–water partition coefficient (Wildman–Crippen LogP) is -1.97. The van der Waals surface area contributed by atoms with Gasteiger partial charge in [0.15, 0.2) is 11.2 Å². The van der Waals surface area contributed by atoms with E-state index in [4.69, 9.17) is 9.84 Å². The Balaban J connectivity index is 2.60. The van der Waals surface area contributed by atoms with Crippen molar-refractivity contribution in [2.24, 2.45) is 14.1 Å². The van der Waals surface area contributed by atoms with E-state index < -0.39 is 30.1 Å². The van der Waals surface area contributed by atoms with Gasteiger partial charge in [-0.15, -0.1) is 0 Å². The van der Waals surface area contributed by atoms with Crippen molar-refractivity contribution >= 4 is 17.3 Å². The normalized spacial score (nSPS) is 12.4. The summed E-state index contributed by atoms with van der Waals surface area (Å²) in [5.41, 5.74) is -0.912. The number of aliphatic hydroxyl groups excluding tert-OH is 2. The zero-order valence-electron chi connectivity index (χ0n) is 14.2. The molecule has 1 amide bonds. The minimum absolute atomic E-state index is 0.0804. The number of aryl methyl sites for hydroxylation is 1. The second-order valence-electron chi connectivity index (χ2n) is 5.43. The highest BCUT2D eigenvalue weighted by atomic mass is 16.5. The monoisotopic (exact) mass is 355 g/mol. The van der Waals surface area contributed by atoms with Crippen molar-refractivity contribution in [1.29, 1.82) is 0 Å². The van der Waals surface area contributed by atoms with Crippen LogP contribution in [0.1, 0.15) is 12.7 Å². The number of rotatable bonds is 6. The molecule has 138 valence electrons. The van der Waals surface area contributed by atoms with E-state index in [1.807, 2.05) is 0 Å². The Morgan fingerprint density at radius 1 is 1.32 bits per heavy atom. The van der Waals surface area contributed by atoms with Gasteiger partial charge in [0.2, 0.25) is 0 Å². The molecule has 0 saturated heterocycles. The molecule has 2 heterocycles. The van der Waals surface area contributed by atoms with Crippen LogP contribution in [-0.2, 0) is 31.9 Å². The van der Waals surface area contributed by atoms with Gasteiger partial charge in [0.1, 0.15) is 5.82 Å². The molecule has 11 nitrogen and oxygen atoms in total. The van der Waals surface area contributed by atoms with Gasteiger partial charge in [-0.25, -0.2) is 14.6 Å². The summed E-state index contributed by atoms with van der Waals surface area (Å²) in [7, 11) is 2.80. The molecule has 0 aliphatic carbocycles. The van der Waals surface area contributed by atoms with E-state index in [9.17, 15) is 19.5 Å². The summed E-state index contributed by atoms with van der Waals surface area (Å²) in [5, 5.41) is 21.3. The second-order valence-corrected chi connectivity index (χ2v) is 5.43. The number of carbonyl (C=O) groups is 1. The molecule has 0 radical (unpaired) electrons. The van der Waals surface area contributed by atoms with Gasteiger partial charge in [0.25, 0.3) is 5.56 Å². The fourth-order valence-electron chi connectivity index (χ4n) is 2.43. The van der Waals surface area contributed by atoms with Crippen molar-refractivity contribution in [3.63, 3.8) is 0 Å². The van der Waals surface area contributed by atoms with Crippen molar-refractivity contribution in [2.75, 3.05) is 13.2 Å². The summed E-state index contributed by atoms with van der Waals surface area (Å²) in [6.07, 6.45) is -1.80. The van der Waals surface area contributed by atoms with Crippen LogP contribution in [-0.4, -0.2) is 54.3 Å². The third-order valence-electron chi connectivity index (χ3n) is 3.70. The van der Waals surface area contributed by atoms with Gasteiger partial charge in [0.05, 0.1) is 32.4 Å². The van der Waals surface area contributed by atoms with Crippen LogP contribution in [0, 0.1) is 0 Å². The molecule has 0 spiro atoms. The van der Waals surface area contributed by atoms with Crippen LogP contribution in [0.5, 0.6) is 0 Å². The fourth-order valence-corrected chi connectivity index (χ4v) is 2.43. The Morgan fingerprint density at radius 2 is 2.00 bits per heavy atom. The Morgan fingerprint density at radius 3 is 2.60 bits per heavy atom. The number of hydrogen-bond acceptors (Lipinski definition) is 7. The third kappa shape index (κ3) is 3.56. The molecule has 0 fully saturated rings. The van der Waals surface area contributed by atoms with Crippen LogP contribution in [0.15, 0.2) is 9.59 Å². The van der Waals surface area contributed by atoms with Gasteiger partial charge in [-0.3, -0.25) is 13.9 Å². The van der Waals surface area contributed by atoms with Crippen LogP contribution in [0.2, 0.25) is 0 Å². The zero-order valence-corrected chi connectivity index (χ0v) is 14.2. The van der Waals surface area contributed by atoms with Gasteiger partial charge >= 0.3 is 11.8 Å². The quantitative estimate of drug-likeness (QED) is 0.546. The number of nitrogens with one attached hydrogen (secondary N) is 1. The highest BCUT2D eigenvalue weighted by Gasteiger charge is 2.21. The first-order valence-corrected chi connectivity index (χ1v) is 7.66. The van der Waals surface area contributed by atoms with Crippen LogP contribution in [0.3, 0.4) is 0 Å². The van der Waals surface area contributed by atoms with Crippen molar-refractivity contribution in [2.45, 2.75) is 26.1 Å². The van der Waals surface area contributed by atoms with E-state index in [0.29, 0.717) is 0 Å². The van der Waals surface area contributed by atoms with E-state index in [1.165, 1.54) is 23.2 Å². The zero-order chi connectivity index (χ0) is 18.7. The van der Waals surface area contributed by atoms with Crippen molar-refractivity contribution in [3.8, 4) is 0 Å². The standard InChI is InChI=1S/C14H21N5O6/c1-4-25-13(23)15-5-9-16-11-10(19(9)6-8(21)7-20)12(22)18(3)14(24)17(11)2/h8,20-21H,4-7H2,1-3H3,(H,15,23). The van der Waals surface area contributed by atoms with E-state index in [0.717, 1.165) is 4.57 Å². The van der Waals surface area contributed by atoms with Crippen molar-refractivity contribution in [3.05, 3.63) is 26.7 Å². The van der Waals surface area contributed by atoms with Crippen LogP contribution in [0.4, 0.5) is 4.79 Å². The number of fused-ring (bicyclic) bond motifs is 1. The van der Waals surface area contributed by atoms with Gasteiger partial charge < -0.3 is 24.8 Å². The number of nitrogens with zero attached hydrogens (tertiary/aromatic N) is 4. The van der Waals surface area contributed by atoms with E-state index in [2.05, 4.69) is 10.3 Å². The highest BCUT2D eigenvalue weighted by molar-refractivity contribution is 5.71. The smallest absolute Gasteiger partial charge is 0.407 e. The maximum atomic E-state index is 12.5. The average Bonchev–Trinajstić information content (AvgIpc) is 2.94. The average molecular weight is 355 g/mol. The summed E-state index contributed by atoms with van der Waals surface area (Å²) < 4.78 is 8.27. The molecular formula is C14H21N5O6. The third-order valence-corrected chi connectivity index (χ3v) is 3.70. The SMILES string of the molecule is CCOC(=O)NCc1nc2c(c(=O)n(C)c(=O)n2C)n1CC(O)CO. The van der Waals surface area contributed by atoms with E-state index in [-0.39, 0.29) is 36.7 Å². The number of ether oxygens (including phenoxy) is 1. The summed E-state index contributed by atoms with van der Waals surface area (Å²) in [6.45, 7) is 1.13. The fraction of sp³-hybridized carbons (Fsp3) is 0.571. The molecule has 0 aromatic carbocycles. The van der Waals surface area contributed by atoms with Crippen LogP contribution in [0.25, 0.3) is 11.2 Å². The largest absolute Gasteiger partial charge is 0.450 e. The van der Waals surface area contributed by atoms with E-state index in [1.54, 1.807) is 6.92 Å². The van der Waals surface area contributed by atoms with Crippen molar-refractivity contribution in [1.82, 2.24) is 24.0 Å². The maximum Gasteiger partial charge on any atom is 0.407 e. The molecule has 0 aliphatic heterocycles. The minimum atomic E-state index is -1.14. The molecule has 0 bridgehead atoms. The van der Waals surface area contributed by atoms with Crippen LogP contribution < -0.4 is 16.6 Å². The summed E-state index contributed by atoms with van der Waals surface area (Å²) in [6, 6.07) is 0. The lowest BCUT2D eigenvalue weighted by Crippen LogP contribution is -2.38. The lowest BCUT2D eigenvalue weighted by atomic mass is 10.3. The number of hydrogen-bond donors (Lipinski definition) is 3. The molecule has 25 heavy (non-hydrogen) atoms. The summed E-state index contributed by atoms with van der Waals surface area (Å²) in [4.78, 5) is 40.3. The molecule has 1 atom stereocenters. The first kappa shape index (κ1) is 18.7. The lowest BCUT2D eigenvalue weighted by molar-refractivity contribution is 0.0812. The Hall–Kier alpha value is -2.66. The van der Waals surface area contributed by atoms with Gasteiger partial charge in [-0.05, 0) is 6.92 Å². The molecule has 11 heteroatoms. The van der Waals surface area contributed by atoms with Crippen molar-refractivity contribution < 1.29 is 19.7 Å². The summed E-state index contributed by atoms with van der Waals surface area (Å²) in [5.74, 6) is 0.244. The van der Waals surface area contributed by atoms with Gasteiger partial charge in [0, 0.05) is 14.1 Å². The van der Waals surface area contributed by atoms with Gasteiger partial charge in [-0.1, -0.05) is 0 Å². The Bertz CT molecular complexity index is 896. The lowest BCUT2D eigenvalue weighted by Gasteiger charge is -2.13. The minimum Gasteiger partial charge on any atom is -0.450 e. The molecule has 2 rings (SSSR count). The second kappa shape index (κ2) is 7.49.